The van der Waals surface area contributed by atoms with Crippen LogP contribution in [-0.2, 0) is 6.11 Å². The van der Waals surface area contributed by atoms with E-state index < -0.39 is 11.9 Å². The zero-order valence-corrected chi connectivity index (χ0v) is 15.2. The molecule has 1 aliphatic rings. The molecule has 2 aromatic rings. The zero-order chi connectivity index (χ0) is 19.4. The SMILES string of the molecule is CCC1CCC(c2ccc(C(F)(F)Oc3ccc(C#N)c(F)c3)cc2)CC1. The van der Waals surface area contributed by atoms with Crippen molar-refractivity contribution < 1.29 is 17.9 Å². The maximum atomic E-state index is 14.4. The van der Waals surface area contributed by atoms with Crippen molar-refractivity contribution in [3.05, 3.63) is 65.0 Å². The van der Waals surface area contributed by atoms with Crippen molar-refractivity contribution in [1.29, 1.82) is 5.26 Å². The lowest BCUT2D eigenvalue weighted by molar-refractivity contribution is -0.185. The van der Waals surface area contributed by atoms with Crippen LogP contribution in [0, 0.1) is 23.1 Å². The highest BCUT2D eigenvalue weighted by molar-refractivity contribution is 5.37. The summed E-state index contributed by atoms with van der Waals surface area (Å²) in [6.45, 7) is 2.21. The summed E-state index contributed by atoms with van der Waals surface area (Å²) < 4.78 is 47.1. The van der Waals surface area contributed by atoms with Crippen LogP contribution in [0.25, 0.3) is 0 Å². The van der Waals surface area contributed by atoms with Crippen molar-refractivity contribution in [3.63, 3.8) is 0 Å². The summed E-state index contributed by atoms with van der Waals surface area (Å²) in [4.78, 5) is 0. The Morgan fingerprint density at radius 1 is 1.07 bits per heavy atom. The Hall–Kier alpha value is -2.48. The van der Waals surface area contributed by atoms with Gasteiger partial charge in [0.1, 0.15) is 17.6 Å². The van der Waals surface area contributed by atoms with Gasteiger partial charge in [-0.25, -0.2) is 4.39 Å². The first-order chi connectivity index (χ1) is 12.9. The van der Waals surface area contributed by atoms with Gasteiger partial charge in [-0.15, -0.1) is 0 Å². The molecule has 27 heavy (non-hydrogen) atoms. The van der Waals surface area contributed by atoms with Gasteiger partial charge in [-0.05, 0) is 67.3 Å². The highest BCUT2D eigenvalue weighted by atomic mass is 19.3. The molecule has 2 aromatic carbocycles. The standard InChI is InChI=1S/C22H22F3NO/c1-2-15-3-5-16(6-4-15)17-7-10-19(11-8-17)22(24,25)27-20-12-9-18(14-26)21(23)13-20/h7-13,15-16H,2-6H2,1H3. The number of hydrogen-bond acceptors (Lipinski definition) is 2. The van der Waals surface area contributed by atoms with Gasteiger partial charge in [0, 0.05) is 6.07 Å². The van der Waals surface area contributed by atoms with Gasteiger partial charge >= 0.3 is 6.11 Å². The van der Waals surface area contributed by atoms with Crippen molar-refractivity contribution in [1.82, 2.24) is 0 Å². The van der Waals surface area contributed by atoms with E-state index in [9.17, 15) is 13.2 Å². The average Bonchev–Trinajstić information content (AvgIpc) is 2.68. The van der Waals surface area contributed by atoms with Crippen LogP contribution in [0.5, 0.6) is 5.75 Å². The minimum absolute atomic E-state index is 0.215. The number of hydrogen-bond donors (Lipinski definition) is 0. The van der Waals surface area contributed by atoms with Gasteiger partial charge in [0.05, 0.1) is 11.1 Å². The molecule has 0 amide bonds. The van der Waals surface area contributed by atoms with Crippen LogP contribution in [0.1, 0.15) is 61.6 Å². The summed E-state index contributed by atoms with van der Waals surface area (Å²) >= 11 is 0. The Balaban J connectivity index is 1.70. The first-order valence-electron chi connectivity index (χ1n) is 9.30. The summed E-state index contributed by atoms with van der Waals surface area (Å²) in [5.41, 5.74) is 0.583. The number of alkyl halides is 2. The Morgan fingerprint density at radius 3 is 2.30 bits per heavy atom. The Labute approximate surface area is 157 Å². The van der Waals surface area contributed by atoms with Gasteiger partial charge in [0.2, 0.25) is 0 Å². The van der Waals surface area contributed by atoms with Gasteiger partial charge < -0.3 is 4.74 Å². The minimum atomic E-state index is -3.58. The Bertz CT molecular complexity index is 818. The van der Waals surface area contributed by atoms with E-state index in [-0.39, 0.29) is 16.9 Å². The molecule has 142 valence electrons. The Kier molecular flexibility index (Phi) is 5.74. The molecule has 3 rings (SSSR count). The second-order valence-corrected chi connectivity index (χ2v) is 7.12. The second-order valence-electron chi connectivity index (χ2n) is 7.12. The molecular formula is C22H22F3NO. The molecule has 0 heterocycles. The van der Waals surface area contributed by atoms with Gasteiger partial charge in [-0.2, -0.15) is 14.0 Å². The van der Waals surface area contributed by atoms with Crippen LogP contribution >= 0.6 is 0 Å². The largest absolute Gasteiger partial charge is 0.429 e. The summed E-state index contributed by atoms with van der Waals surface area (Å²) in [6, 6.07) is 11.0. The maximum absolute atomic E-state index is 14.4. The normalized spacial score (nSPS) is 20.1. The van der Waals surface area contributed by atoms with Crippen molar-refractivity contribution in [2.24, 2.45) is 5.92 Å². The van der Waals surface area contributed by atoms with E-state index >= 15 is 0 Å². The first kappa shape index (κ1) is 19.3. The third-order valence-corrected chi connectivity index (χ3v) is 5.45. The summed E-state index contributed by atoms with van der Waals surface area (Å²) in [5.74, 6) is -0.00243. The van der Waals surface area contributed by atoms with E-state index in [2.05, 4.69) is 6.92 Å². The number of benzene rings is 2. The van der Waals surface area contributed by atoms with Gasteiger partial charge in [0.25, 0.3) is 0 Å². The summed E-state index contributed by atoms with van der Waals surface area (Å²) in [7, 11) is 0. The predicted octanol–water partition coefficient (Wildman–Crippen LogP) is 6.51. The third kappa shape index (κ3) is 4.44. The molecule has 1 fully saturated rings. The van der Waals surface area contributed by atoms with E-state index in [0.29, 0.717) is 5.92 Å². The fraction of sp³-hybridized carbons (Fsp3) is 0.409. The van der Waals surface area contributed by atoms with Crippen molar-refractivity contribution in [2.75, 3.05) is 0 Å². The summed E-state index contributed by atoms with van der Waals surface area (Å²) in [5, 5.41) is 8.70. The van der Waals surface area contributed by atoms with Gasteiger partial charge in [-0.3, -0.25) is 0 Å². The Morgan fingerprint density at radius 2 is 1.74 bits per heavy atom. The van der Waals surface area contributed by atoms with Crippen LogP contribution in [0.15, 0.2) is 42.5 Å². The molecule has 5 heteroatoms. The molecule has 0 bridgehead atoms. The monoisotopic (exact) mass is 373 g/mol. The van der Waals surface area contributed by atoms with Gasteiger partial charge in [0.15, 0.2) is 0 Å². The van der Waals surface area contributed by atoms with Crippen LogP contribution < -0.4 is 4.74 Å². The topological polar surface area (TPSA) is 33.0 Å². The third-order valence-electron chi connectivity index (χ3n) is 5.45. The number of nitrogens with zero attached hydrogens (tertiary/aromatic N) is 1. The molecule has 0 aromatic heterocycles. The van der Waals surface area contributed by atoms with E-state index in [4.69, 9.17) is 10.00 Å². The molecule has 0 N–H and O–H groups in total. The van der Waals surface area contributed by atoms with E-state index in [1.807, 2.05) is 0 Å². The predicted molar refractivity (Wildman–Crippen MR) is 97.1 cm³/mol. The number of rotatable bonds is 5. The molecule has 2 nitrogen and oxygen atoms in total. The first-order valence-corrected chi connectivity index (χ1v) is 9.30. The van der Waals surface area contributed by atoms with Crippen molar-refractivity contribution in [2.45, 2.75) is 51.1 Å². The number of halogens is 3. The molecule has 1 aliphatic carbocycles. The molecule has 0 atom stereocenters. The van der Waals surface area contributed by atoms with Crippen LogP contribution in [0.3, 0.4) is 0 Å². The van der Waals surface area contributed by atoms with E-state index in [1.165, 1.54) is 31.4 Å². The minimum Gasteiger partial charge on any atom is -0.429 e. The second kappa shape index (κ2) is 8.04. The van der Waals surface area contributed by atoms with Gasteiger partial charge in [-0.1, -0.05) is 25.5 Å². The lowest BCUT2D eigenvalue weighted by Crippen LogP contribution is -2.22. The lowest BCUT2D eigenvalue weighted by atomic mass is 9.78. The van der Waals surface area contributed by atoms with E-state index in [0.717, 1.165) is 42.5 Å². The fourth-order valence-electron chi connectivity index (χ4n) is 3.71. The molecule has 1 saturated carbocycles. The molecule has 0 aliphatic heterocycles. The highest BCUT2D eigenvalue weighted by Crippen LogP contribution is 2.38. The quantitative estimate of drug-likeness (QED) is 0.598. The number of ether oxygens (including phenoxy) is 1. The average molecular weight is 373 g/mol. The van der Waals surface area contributed by atoms with Crippen LogP contribution in [-0.4, -0.2) is 0 Å². The van der Waals surface area contributed by atoms with E-state index in [1.54, 1.807) is 18.2 Å². The molecule has 0 radical (unpaired) electrons. The molecule has 0 saturated heterocycles. The van der Waals surface area contributed by atoms with Crippen LogP contribution in [0.4, 0.5) is 13.2 Å². The van der Waals surface area contributed by atoms with Crippen molar-refractivity contribution in [3.8, 4) is 11.8 Å². The zero-order valence-electron chi connectivity index (χ0n) is 15.2. The van der Waals surface area contributed by atoms with Crippen molar-refractivity contribution >= 4 is 0 Å². The summed E-state index contributed by atoms with van der Waals surface area (Å²) in [6.07, 6.45) is 2.17. The van der Waals surface area contributed by atoms with Crippen LogP contribution in [0.2, 0.25) is 0 Å². The smallest absolute Gasteiger partial charge is 0.426 e. The highest BCUT2D eigenvalue weighted by Gasteiger charge is 2.35. The fourth-order valence-corrected chi connectivity index (χ4v) is 3.71. The molecule has 0 unspecified atom stereocenters. The number of nitriles is 1. The lowest BCUT2D eigenvalue weighted by Gasteiger charge is -2.28. The maximum Gasteiger partial charge on any atom is 0.426 e. The molecular weight excluding hydrogens is 351 g/mol. The molecule has 0 spiro atoms.